The van der Waals surface area contributed by atoms with Crippen LogP contribution in [0.2, 0.25) is 0 Å². The van der Waals surface area contributed by atoms with Gasteiger partial charge in [-0.2, -0.15) is 0 Å². The lowest BCUT2D eigenvalue weighted by atomic mass is 9.92. The van der Waals surface area contributed by atoms with E-state index < -0.39 is 17.5 Å². The van der Waals surface area contributed by atoms with Gasteiger partial charge in [0.25, 0.3) is 11.7 Å². The van der Waals surface area contributed by atoms with Crippen molar-refractivity contribution in [3.8, 4) is 0 Å². The summed E-state index contributed by atoms with van der Waals surface area (Å²) in [5, 5.41) is 0. The summed E-state index contributed by atoms with van der Waals surface area (Å²) in [5.74, 6) is -1.74. The van der Waals surface area contributed by atoms with E-state index in [1.165, 1.54) is 11.0 Å². The van der Waals surface area contributed by atoms with E-state index in [0.717, 1.165) is 12.5 Å². The van der Waals surface area contributed by atoms with Gasteiger partial charge in [-0.3, -0.25) is 9.59 Å². The van der Waals surface area contributed by atoms with Gasteiger partial charge in [-0.1, -0.05) is 20.8 Å². The van der Waals surface area contributed by atoms with Crippen LogP contribution in [-0.2, 0) is 4.79 Å². The molecule has 0 aromatic heterocycles. The lowest BCUT2D eigenvalue weighted by Gasteiger charge is -2.24. The van der Waals surface area contributed by atoms with Crippen LogP contribution < -0.4 is 4.90 Å². The Kier molecular flexibility index (Phi) is 3.51. The maximum Gasteiger partial charge on any atom is 0.299 e. The number of ketones is 1. The van der Waals surface area contributed by atoms with Crippen molar-refractivity contribution in [3.63, 3.8) is 0 Å². The Morgan fingerprint density at radius 3 is 2.47 bits per heavy atom. The van der Waals surface area contributed by atoms with Crippen LogP contribution in [0.15, 0.2) is 16.6 Å². The zero-order chi connectivity index (χ0) is 14.4. The molecule has 102 valence electrons. The quantitative estimate of drug-likeness (QED) is 0.779. The van der Waals surface area contributed by atoms with E-state index in [-0.39, 0.29) is 11.0 Å². The minimum absolute atomic E-state index is 0.0542. The average Bonchev–Trinajstić information content (AvgIpc) is 2.50. The third-order valence-corrected chi connectivity index (χ3v) is 3.67. The Labute approximate surface area is 119 Å². The second-order valence-corrected chi connectivity index (χ2v) is 6.73. The standard InChI is InChI=1S/C14H15BrFNO2/c1-14(2,3)4-5-17-11-9(12(18)13(17)19)6-8(16)7-10(11)15/h6-7H,4-5H2,1-3H3. The van der Waals surface area contributed by atoms with Gasteiger partial charge in [-0.25, -0.2) is 4.39 Å². The van der Waals surface area contributed by atoms with Gasteiger partial charge in [0.2, 0.25) is 0 Å². The molecule has 19 heavy (non-hydrogen) atoms. The summed E-state index contributed by atoms with van der Waals surface area (Å²) in [6, 6.07) is 2.40. The molecule has 5 heteroatoms. The fourth-order valence-electron chi connectivity index (χ4n) is 2.01. The van der Waals surface area contributed by atoms with Gasteiger partial charge in [0, 0.05) is 11.0 Å². The van der Waals surface area contributed by atoms with Crippen LogP contribution in [0.3, 0.4) is 0 Å². The Balaban J connectivity index is 2.39. The highest BCUT2D eigenvalue weighted by atomic mass is 79.9. The summed E-state index contributed by atoms with van der Waals surface area (Å²) in [4.78, 5) is 25.3. The number of carbonyl (C=O) groups is 2. The number of rotatable bonds is 2. The SMILES string of the molecule is CC(C)(C)CCN1C(=O)C(=O)c2cc(F)cc(Br)c21. The van der Waals surface area contributed by atoms with E-state index in [9.17, 15) is 14.0 Å². The van der Waals surface area contributed by atoms with Crippen LogP contribution in [0.25, 0.3) is 0 Å². The summed E-state index contributed by atoms with van der Waals surface area (Å²) in [5.41, 5.74) is 0.685. The van der Waals surface area contributed by atoms with Gasteiger partial charge >= 0.3 is 0 Å². The molecule has 1 aromatic carbocycles. The highest BCUT2D eigenvalue weighted by Gasteiger charge is 2.38. The minimum Gasteiger partial charge on any atom is -0.304 e. The number of hydrogen-bond acceptors (Lipinski definition) is 2. The second kappa shape index (κ2) is 4.71. The van der Waals surface area contributed by atoms with E-state index in [0.29, 0.717) is 16.7 Å². The van der Waals surface area contributed by atoms with Crippen LogP contribution in [0.1, 0.15) is 37.6 Å². The summed E-state index contributed by atoms with van der Waals surface area (Å²) in [7, 11) is 0. The number of hydrogen-bond donors (Lipinski definition) is 0. The normalized spacial score (nSPS) is 15.1. The maximum atomic E-state index is 13.3. The molecule has 0 saturated carbocycles. The molecule has 2 rings (SSSR count). The Hall–Kier alpha value is -1.23. The summed E-state index contributed by atoms with van der Waals surface area (Å²) >= 11 is 3.23. The molecule has 0 saturated heterocycles. The second-order valence-electron chi connectivity index (χ2n) is 5.88. The van der Waals surface area contributed by atoms with Crippen molar-refractivity contribution in [1.29, 1.82) is 0 Å². The third kappa shape index (κ3) is 2.71. The number of amides is 1. The summed E-state index contributed by atoms with van der Waals surface area (Å²) in [6.45, 7) is 6.65. The van der Waals surface area contributed by atoms with Crippen LogP contribution in [0.4, 0.5) is 10.1 Å². The Bertz CT molecular complexity index is 563. The van der Waals surface area contributed by atoms with Crippen molar-refractivity contribution < 1.29 is 14.0 Å². The monoisotopic (exact) mass is 327 g/mol. The Morgan fingerprint density at radius 2 is 1.89 bits per heavy atom. The first kappa shape index (κ1) is 14.2. The van der Waals surface area contributed by atoms with Crippen LogP contribution in [0, 0.1) is 11.2 Å². The fourth-order valence-corrected chi connectivity index (χ4v) is 2.66. The van der Waals surface area contributed by atoms with E-state index >= 15 is 0 Å². The Morgan fingerprint density at radius 1 is 1.26 bits per heavy atom. The highest BCUT2D eigenvalue weighted by molar-refractivity contribution is 9.10. The molecule has 0 radical (unpaired) electrons. The molecule has 1 heterocycles. The number of benzene rings is 1. The number of anilines is 1. The number of Topliss-reactive ketones (excluding diaryl/α,β-unsaturated/α-hetero) is 1. The molecule has 0 aliphatic carbocycles. The minimum atomic E-state index is -0.635. The number of halogens is 2. The van der Waals surface area contributed by atoms with Gasteiger partial charge < -0.3 is 4.90 Å². The topological polar surface area (TPSA) is 37.4 Å². The van der Waals surface area contributed by atoms with Gasteiger partial charge in [0.05, 0.1) is 11.3 Å². The first-order valence-electron chi connectivity index (χ1n) is 6.06. The highest BCUT2D eigenvalue weighted by Crippen LogP contribution is 2.37. The zero-order valence-corrected chi connectivity index (χ0v) is 12.7. The molecular weight excluding hydrogens is 313 g/mol. The number of nitrogens with zero attached hydrogens (tertiary/aromatic N) is 1. The van der Waals surface area contributed by atoms with E-state index in [2.05, 4.69) is 36.7 Å². The van der Waals surface area contributed by atoms with Gasteiger partial charge in [0.15, 0.2) is 0 Å². The van der Waals surface area contributed by atoms with Crippen molar-refractivity contribution in [3.05, 3.63) is 28.0 Å². The summed E-state index contributed by atoms with van der Waals surface area (Å²) < 4.78 is 13.8. The number of fused-ring (bicyclic) bond motifs is 1. The van der Waals surface area contributed by atoms with Crippen molar-refractivity contribution in [2.24, 2.45) is 5.41 Å². The molecule has 0 spiro atoms. The number of carbonyl (C=O) groups excluding carboxylic acids is 2. The molecule has 3 nitrogen and oxygen atoms in total. The predicted octanol–water partition coefficient (Wildman–Crippen LogP) is 3.55. The van der Waals surface area contributed by atoms with Crippen molar-refractivity contribution in [2.45, 2.75) is 27.2 Å². The molecule has 1 amide bonds. The van der Waals surface area contributed by atoms with Crippen molar-refractivity contribution >= 4 is 33.3 Å². The van der Waals surface area contributed by atoms with E-state index in [1.807, 2.05) is 0 Å². The molecule has 0 unspecified atom stereocenters. The first-order valence-corrected chi connectivity index (χ1v) is 6.85. The third-order valence-electron chi connectivity index (χ3n) is 3.07. The van der Waals surface area contributed by atoms with E-state index in [1.54, 1.807) is 0 Å². The van der Waals surface area contributed by atoms with Crippen molar-refractivity contribution in [2.75, 3.05) is 11.4 Å². The lowest BCUT2D eigenvalue weighted by Crippen LogP contribution is -2.32. The van der Waals surface area contributed by atoms with Gasteiger partial charge in [-0.05, 0) is 39.9 Å². The van der Waals surface area contributed by atoms with Crippen LogP contribution in [-0.4, -0.2) is 18.2 Å². The molecule has 1 aliphatic heterocycles. The predicted molar refractivity (Wildman–Crippen MR) is 74.9 cm³/mol. The smallest absolute Gasteiger partial charge is 0.299 e. The molecule has 0 bridgehead atoms. The van der Waals surface area contributed by atoms with Crippen LogP contribution >= 0.6 is 15.9 Å². The summed E-state index contributed by atoms with van der Waals surface area (Å²) in [6.07, 6.45) is 0.759. The maximum absolute atomic E-state index is 13.3. The molecular formula is C14H15BrFNO2. The first-order chi connectivity index (χ1) is 8.70. The molecule has 0 fully saturated rings. The fraction of sp³-hybridized carbons (Fsp3) is 0.429. The van der Waals surface area contributed by atoms with Gasteiger partial charge in [0.1, 0.15) is 5.82 Å². The molecule has 1 aliphatic rings. The van der Waals surface area contributed by atoms with Crippen molar-refractivity contribution in [1.82, 2.24) is 0 Å². The largest absolute Gasteiger partial charge is 0.304 e. The van der Waals surface area contributed by atoms with Gasteiger partial charge in [-0.15, -0.1) is 0 Å². The molecule has 0 atom stereocenters. The molecule has 1 aromatic rings. The lowest BCUT2D eigenvalue weighted by molar-refractivity contribution is -0.114. The molecule has 0 N–H and O–H groups in total. The zero-order valence-electron chi connectivity index (χ0n) is 11.1. The average molecular weight is 328 g/mol. The van der Waals surface area contributed by atoms with Crippen LogP contribution in [0.5, 0.6) is 0 Å². The van der Waals surface area contributed by atoms with E-state index in [4.69, 9.17) is 0 Å².